The molecule has 1 aromatic carbocycles. The molecule has 1 aromatic rings. The van der Waals surface area contributed by atoms with Gasteiger partial charge in [-0.05, 0) is 23.0 Å². The summed E-state index contributed by atoms with van der Waals surface area (Å²) < 4.78 is 5.24. The highest BCUT2D eigenvalue weighted by molar-refractivity contribution is 7.49. The minimum atomic E-state index is -0.549. The standard InChI is InChI=1S/C15H24OP/c1-6-11-15(2,3)14-9-7-13(8-10-14)12-17(5)16-4/h7-10H,5-6,11-12H2,1-4H3/q+1. The molecule has 0 saturated carbocycles. The van der Waals surface area contributed by atoms with E-state index in [1.54, 1.807) is 7.11 Å². The molecular weight excluding hydrogens is 227 g/mol. The molecule has 1 unspecified atom stereocenters. The molecule has 1 rings (SSSR count). The molecule has 1 nitrogen and oxygen atoms in total. The maximum absolute atomic E-state index is 5.24. The van der Waals surface area contributed by atoms with E-state index in [1.165, 1.54) is 24.0 Å². The summed E-state index contributed by atoms with van der Waals surface area (Å²) in [5.41, 5.74) is 3.03. The summed E-state index contributed by atoms with van der Waals surface area (Å²) in [6.45, 7) is 6.87. The van der Waals surface area contributed by atoms with Gasteiger partial charge >= 0.3 is 0 Å². The normalized spacial score (nSPS) is 12.6. The molecular formula is C15H24OP+. The van der Waals surface area contributed by atoms with Gasteiger partial charge in [0, 0.05) is 0 Å². The van der Waals surface area contributed by atoms with E-state index in [4.69, 9.17) is 4.52 Å². The predicted molar refractivity (Wildman–Crippen MR) is 79.1 cm³/mol. The molecule has 0 aromatic heterocycles. The average Bonchev–Trinajstić information content (AvgIpc) is 2.29. The zero-order valence-electron chi connectivity index (χ0n) is 11.5. The topological polar surface area (TPSA) is 9.23 Å². The van der Waals surface area contributed by atoms with E-state index < -0.39 is 7.77 Å². The molecule has 0 saturated heterocycles. The van der Waals surface area contributed by atoms with Crippen LogP contribution >= 0.6 is 7.77 Å². The van der Waals surface area contributed by atoms with E-state index >= 15 is 0 Å². The smallest absolute Gasteiger partial charge is 0.183 e. The van der Waals surface area contributed by atoms with Crippen LogP contribution in [-0.4, -0.2) is 13.4 Å². The zero-order valence-corrected chi connectivity index (χ0v) is 12.4. The van der Waals surface area contributed by atoms with Crippen LogP contribution in [0.3, 0.4) is 0 Å². The van der Waals surface area contributed by atoms with Crippen molar-refractivity contribution in [3.8, 4) is 0 Å². The molecule has 1 atom stereocenters. The first-order valence-electron chi connectivity index (χ1n) is 6.21. The van der Waals surface area contributed by atoms with Gasteiger partial charge in [0.25, 0.3) is 7.77 Å². The van der Waals surface area contributed by atoms with Crippen molar-refractivity contribution >= 4 is 14.1 Å². The third-order valence-electron chi connectivity index (χ3n) is 3.23. The van der Waals surface area contributed by atoms with Crippen molar-refractivity contribution in [2.45, 2.75) is 45.2 Å². The lowest BCUT2D eigenvalue weighted by atomic mass is 9.80. The Morgan fingerprint density at radius 3 is 2.29 bits per heavy atom. The molecule has 0 aliphatic carbocycles. The van der Waals surface area contributed by atoms with Gasteiger partial charge in [-0.25, -0.2) is 0 Å². The zero-order chi connectivity index (χ0) is 12.9. The van der Waals surface area contributed by atoms with Gasteiger partial charge in [0.15, 0.2) is 6.16 Å². The van der Waals surface area contributed by atoms with Crippen molar-refractivity contribution in [1.29, 1.82) is 0 Å². The molecule has 17 heavy (non-hydrogen) atoms. The van der Waals surface area contributed by atoms with Crippen LogP contribution in [0.1, 0.15) is 44.7 Å². The van der Waals surface area contributed by atoms with Gasteiger partial charge in [0.1, 0.15) is 6.30 Å². The molecule has 0 amide bonds. The largest absolute Gasteiger partial charge is 0.251 e. The van der Waals surface area contributed by atoms with E-state index in [9.17, 15) is 0 Å². The lowest BCUT2D eigenvalue weighted by Crippen LogP contribution is -2.16. The van der Waals surface area contributed by atoms with Crippen molar-refractivity contribution in [3.05, 3.63) is 35.4 Å². The van der Waals surface area contributed by atoms with Gasteiger partial charge in [0.2, 0.25) is 0 Å². The predicted octanol–water partition coefficient (Wildman–Crippen LogP) is 4.74. The van der Waals surface area contributed by atoms with Gasteiger partial charge in [-0.15, -0.1) is 0 Å². The number of rotatable bonds is 6. The van der Waals surface area contributed by atoms with E-state index in [2.05, 4.69) is 51.3 Å². The van der Waals surface area contributed by atoms with Crippen LogP contribution in [0.5, 0.6) is 0 Å². The minimum Gasteiger partial charge on any atom is -0.183 e. The Balaban J connectivity index is 2.77. The Bertz CT molecular complexity index is 365. The monoisotopic (exact) mass is 251 g/mol. The van der Waals surface area contributed by atoms with Crippen LogP contribution in [0.2, 0.25) is 0 Å². The highest BCUT2D eigenvalue weighted by Crippen LogP contribution is 2.30. The fourth-order valence-electron chi connectivity index (χ4n) is 2.10. The summed E-state index contributed by atoms with van der Waals surface area (Å²) in [5.74, 6) is 0. The van der Waals surface area contributed by atoms with Gasteiger partial charge in [-0.2, -0.15) is 4.52 Å². The molecule has 0 bridgehead atoms. The summed E-state index contributed by atoms with van der Waals surface area (Å²) in [5, 5.41) is 0. The molecule has 0 aliphatic heterocycles. The molecule has 0 radical (unpaired) electrons. The average molecular weight is 251 g/mol. The molecule has 0 spiro atoms. The first-order valence-corrected chi connectivity index (χ1v) is 7.84. The van der Waals surface area contributed by atoms with Crippen LogP contribution in [0, 0.1) is 0 Å². The van der Waals surface area contributed by atoms with E-state index in [1.807, 2.05) is 0 Å². The fraction of sp³-hybridized carbons (Fsp3) is 0.533. The Labute approximate surface area is 107 Å². The Morgan fingerprint density at radius 1 is 1.24 bits per heavy atom. The number of hydrogen-bond donors (Lipinski definition) is 0. The highest BCUT2D eigenvalue weighted by Gasteiger charge is 2.19. The van der Waals surface area contributed by atoms with E-state index in [0.717, 1.165) is 6.16 Å². The first-order chi connectivity index (χ1) is 7.99. The third-order valence-corrected chi connectivity index (χ3v) is 4.46. The summed E-state index contributed by atoms with van der Waals surface area (Å²) in [4.78, 5) is 0. The molecule has 0 N–H and O–H groups in total. The Hall–Kier alpha value is -0.650. The highest BCUT2D eigenvalue weighted by atomic mass is 31.1. The second-order valence-electron chi connectivity index (χ2n) is 5.15. The fourth-order valence-corrected chi connectivity index (χ4v) is 2.85. The van der Waals surface area contributed by atoms with E-state index in [0.29, 0.717) is 0 Å². The summed E-state index contributed by atoms with van der Waals surface area (Å²) in [7, 11) is 1.18. The Morgan fingerprint density at radius 2 is 1.82 bits per heavy atom. The SMILES string of the molecule is C=[P+](Cc1ccc(C(C)(C)CCC)cc1)OC. The van der Waals surface area contributed by atoms with Crippen molar-refractivity contribution in [3.63, 3.8) is 0 Å². The lowest BCUT2D eigenvalue weighted by Gasteiger charge is -2.24. The van der Waals surface area contributed by atoms with Crippen LogP contribution in [0.4, 0.5) is 0 Å². The van der Waals surface area contributed by atoms with Gasteiger partial charge in [-0.3, -0.25) is 0 Å². The quantitative estimate of drug-likeness (QED) is 0.663. The summed E-state index contributed by atoms with van der Waals surface area (Å²) >= 11 is 0. The van der Waals surface area contributed by atoms with Crippen molar-refractivity contribution in [1.82, 2.24) is 0 Å². The van der Waals surface area contributed by atoms with Crippen LogP contribution in [0.25, 0.3) is 0 Å². The first kappa shape index (κ1) is 14.4. The third kappa shape index (κ3) is 4.26. The molecule has 0 aliphatic rings. The van der Waals surface area contributed by atoms with Crippen LogP contribution < -0.4 is 0 Å². The lowest BCUT2D eigenvalue weighted by molar-refractivity contribution is 0.471. The minimum absolute atomic E-state index is 0.281. The second-order valence-corrected chi connectivity index (χ2v) is 6.80. The molecule has 0 heterocycles. The second kappa shape index (κ2) is 6.33. The molecule has 0 fully saturated rings. The van der Waals surface area contributed by atoms with Crippen LogP contribution in [-0.2, 0) is 16.1 Å². The van der Waals surface area contributed by atoms with Gasteiger partial charge < -0.3 is 0 Å². The van der Waals surface area contributed by atoms with Gasteiger partial charge in [0.05, 0.1) is 7.11 Å². The summed E-state index contributed by atoms with van der Waals surface area (Å²) in [6, 6.07) is 8.94. The maximum atomic E-state index is 5.24. The maximum Gasteiger partial charge on any atom is 0.251 e. The van der Waals surface area contributed by atoms with Crippen molar-refractivity contribution < 1.29 is 4.52 Å². The summed E-state index contributed by atoms with van der Waals surface area (Å²) in [6.07, 6.45) is 7.39. The molecule has 2 heteroatoms. The Kier molecular flexibility index (Phi) is 5.36. The number of hydrogen-bond acceptors (Lipinski definition) is 1. The van der Waals surface area contributed by atoms with E-state index in [-0.39, 0.29) is 5.41 Å². The van der Waals surface area contributed by atoms with Crippen molar-refractivity contribution in [2.75, 3.05) is 7.11 Å². The number of benzene rings is 1. The van der Waals surface area contributed by atoms with Crippen molar-refractivity contribution in [2.24, 2.45) is 0 Å². The van der Waals surface area contributed by atoms with Crippen LogP contribution in [0.15, 0.2) is 24.3 Å². The molecule has 94 valence electrons. The van der Waals surface area contributed by atoms with Gasteiger partial charge in [-0.1, -0.05) is 51.5 Å².